The zero-order valence-electron chi connectivity index (χ0n) is 12.3. The maximum absolute atomic E-state index is 13.1. The van der Waals surface area contributed by atoms with E-state index >= 15 is 0 Å². The van der Waals surface area contributed by atoms with Crippen LogP contribution in [0, 0.1) is 5.92 Å². The molecule has 1 amide bonds. The van der Waals surface area contributed by atoms with E-state index in [-0.39, 0.29) is 19.6 Å². The Morgan fingerprint density at radius 1 is 1.36 bits per heavy atom. The number of alkyl halides is 3. The molecule has 0 radical (unpaired) electrons. The standard InChI is InChI=1S/C13H18F3NO4S/c1-3-21-12(20)10-5-4-6-17(10)11(19)9(13(14,15)16)7-22-8(2)18/h9-10H,3-7H2,1-2H3. The summed E-state index contributed by atoms with van der Waals surface area (Å²) in [5, 5.41) is -0.495. The Hall–Kier alpha value is -1.25. The summed E-state index contributed by atoms with van der Waals surface area (Å²) in [6.07, 6.45) is -4.03. The SMILES string of the molecule is CCOC(=O)C1CCCN1C(=O)C(CSC(C)=O)C(F)(F)F. The molecule has 1 rings (SSSR count). The molecule has 126 valence electrons. The van der Waals surface area contributed by atoms with Crippen molar-refractivity contribution in [1.82, 2.24) is 4.90 Å². The van der Waals surface area contributed by atoms with Crippen molar-refractivity contribution in [3.05, 3.63) is 0 Å². The molecule has 1 aliphatic heterocycles. The van der Waals surface area contributed by atoms with Gasteiger partial charge in [-0.1, -0.05) is 11.8 Å². The first-order valence-corrected chi connectivity index (χ1v) is 7.84. The number of rotatable bonds is 5. The first-order chi connectivity index (χ1) is 10.2. The van der Waals surface area contributed by atoms with Crippen molar-refractivity contribution in [2.75, 3.05) is 18.9 Å². The predicted octanol–water partition coefficient (Wildman–Crippen LogP) is 2.00. The third kappa shape index (κ3) is 4.89. The molecular weight excluding hydrogens is 323 g/mol. The van der Waals surface area contributed by atoms with Crippen molar-refractivity contribution in [1.29, 1.82) is 0 Å². The number of esters is 1. The Balaban J connectivity index is 2.87. The number of ether oxygens (including phenoxy) is 1. The number of carbonyl (C=O) groups excluding carboxylic acids is 3. The predicted molar refractivity (Wildman–Crippen MR) is 74.1 cm³/mol. The van der Waals surface area contributed by atoms with Gasteiger partial charge in [-0.15, -0.1) is 0 Å². The number of amides is 1. The van der Waals surface area contributed by atoms with Crippen molar-refractivity contribution in [2.24, 2.45) is 5.92 Å². The number of hydrogen-bond donors (Lipinski definition) is 0. The summed E-state index contributed by atoms with van der Waals surface area (Å²) in [6.45, 7) is 2.90. The lowest BCUT2D eigenvalue weighted by atomic mass is 10.1. The molecule has 0 aliphatic carbocycles. The zero-order valence-corrected chi connectivity index (χ0v) is 13.1. The minimum Gasteiger partial charge on any atom is -0.464 e. The molecule has 0 aromatic heterocycles. The summed E-state index contributed by atoms with van der Waals surface area (Å²) in [4.78, 5) is 35.7. The van der Waals surface area contributed by atoms with Gasteiger partial charge in [0.05, 0.1) is 6.61 Å². The Kier molecular flexibility index (Phi) is 6.70. The van der Waals surface area contributed by atoms with Gasteiger partial charge in [-0.3, -0.25) is 9.59 Å². The van der Waals surface area contributed by atoms with E-state index in [1.54, 1.807) is 6.92 Å². The van der Waals surface area contributed by atoms with Crippen LogP contribution in [0.4, 0.5) is 13.2 Å². The van der Waals surface area contributed by atoms with Crippen molar-refractivity contribution >= 4 is 28.8 Å². The second-order valence-corrected chi connectivity index (χ2v) is 6.04. The summed E-state index contributed by atoms with van der Waals surface area (Å²) in [5.41, 5.74) is 0. The third-order valence-electron chi connectivity index (χ3n) is 3.24. The average molecular weight is 341 g/mol. The molecule has 2 atom stereocenters. The Morgan fingerprint density at radius 3 is 2.50 bits per heavy atom. The fourth-order valence-corrected chi connectivity index (χ4v) is 2.95. The van der Waals surface area contributed by atoms with Gasteiger partial charge in [-0.25, -0.2) is 4.79 Å². The van der Waals surface area contributed by atoms with Crippen molar-refractivity contribution < 1.29 is 32.3 Å². The maximum atomic E-state index is 13.1. The van der Waals surface area contributed by atoms with Crippen LogP contribution in [0.15, 0.2) is 0 Å². The lowest BCUT2D eigenvalue weighted by Crippen LogP contribution is -2.48. The molecule has 5 nitrogen and oxygen atoms in total. The molecule has 1 heterocycles. The van der Waals surface area contributed by atoms with Crippen molar-refractivity contribution in [3.63, 3.8) is 0 Å². The third-order valence-corrected chi connectivity index (χ3v) is 4.15. The summed E-state index contributed by atoms with van der Waals surface area (Å²) >= 11 is 0.451. The van der Waals surface area contributed by atoms with Gasteiger partial charge in [0, 0.05) is 19.2 Å². The second-order valence-electron chi connectivity index (χ2n) is 4.84. The summed E-state index contributed by atoms with van der Waals surface area (Å²) in [7, 11) is 0. The number of nitrogens with zero attached hydrogens (tertiary/aromatic N) is 1. The number of hydrogen-bond acceptors (Lipinski definition) is 5. The molecule has 0 saturated carbocycles. The molecule has 0 aromatic rings. The largest absolute Gasteiger partial charge is 0.464 e. The van der Waals surface area contributed by atoms with Crippen LogP contribution in [0.3, 0.4) is 0 Å². The smallest absolute Gasteiger partial charge is 0.401 e. The normalized spacial score (nSPS) is 19.9. The van der Waals surface area contributed by atoms with Gasteiger partial charge < -0.3 is 9.64 Å². The van der Waals surface area contributed by atoms with E-state index in [0.717, 1.165) is 11.8 Å². The molecular formula is C13H18F3NO4S. The van der Waals surface area contributed by atoms with Crippen LogP contribution < -0.4 is 0 Å². The first-order valence-electron chi connectivity index (χ1n) is 6.85. The molecule has 0 N–H and O–H groups in total. The first kappa shape index (κ1) is 18.8. The minimum absolute atomic E-state index is 0.0830. The second kappa shape index (κ2) is 7.85. The highest BCUT2D eigenvalue weighted by molar-refractivity contribution is 8.13. The number of halogens is 3. The van der Waals surface area contributed by atoms with Gasteiger partial charge in [-0.05, 0) is 19.8 Å². The van der Waals surface area contributed by atoms with E-state index < -0.39 is 40.9 Å². The summed E-state index contributed by atoms with van der Waals surface area (Å²) in [6, 6.07) is -0.973. The molecule has 2 unspecified atom stereocenters. The van der Waals surface area contributed by atoms with E-state index in [9.17, 15) is 27.6 Å². The molecule has 0 aromatic carbocycles. The van der Waals surface area contributed by atoms with E-state index in [0.29, 0.717) is 18.2 Å². The molecule has 1 saturated heterocycles. The van der Waals surface area contributed by atoms with Gasteiger partial charge in [0.15, 0.2) is 5.12 Å². The highest BCUT2D eigenvalue weighted by Gasteiger charge is 2.49. The van der Waals surface area contributed by atoms with Crippen LogP contribution in [0.25, 0.3) is 0 Å². The van der Waals surface area contributed by atoms with Crippen LogP contribution in [0.5, 0.6) is 0 Å². The minimum atomic E-state index is -4.76. The Bertz CT molecular complexity index is 441. The van der Waals surface area contributed by atoms with Crippen LogP contribution in [0.1, 0.15) is 26.7 Å². The Labute approximate surface area is 130 Å². The van der Waals surface area contributed by atoms with E-state index in [1.165, 1.54) is 0 Å². The number of thioether (sulfide) groups is 1. The highest BCUT2D eigenvalue weighted by atomic mass is 32.2. The molecule has 1 aliphatic rings. The quantitative estimate of drug-likeness (QED) is 0.716. The van der Waals surface area contributed by atoms with Crippen LogP contribution >= 0.6 is 11.8 Å². The van der Waals surface area contributed by atoms with E-state index in [1.807, 2.05) is 0 Å². The monoisotopic (exact) mass is 341 g/mol. The molecule has 0 bridgehead atoms. The summed E-state index contributed by atoms with van der Waals surface area (Å²) < 4.78 is 44.0. The topological polar surface area (TPSA) is 63.7 Å². The zero-order chi connectivity index (χ0) is 16.9. The fraction of sp³-hybridized carbons (Fsp3) is 0.769. The van der Waals surface area contributed by atoms with Crippen LogP contribution in [0.2, 0.25) is 0 Å². The molecule has 9 heteroatoms. The van der Waals surface area contributed by atoms with Crippen molar-refractivity contribution in [3.8, 4) is 0 Å². The average Bonchev–Trinajstić information content (AvgIpc) is 2.86. The highest BCUT2D eigenvalue weighted by Crippen LogP contribution is 2.33. The Morgan fingerprint density at radius 2 is 2.00 bits per heavy atom. The van der Waals surface area contributed by atoms with Gasteiger partial charge in [0.25, 0.3) is 0 Å². The van der Waals surface area contributed by atoms with Gasteiger partial charge in [0.1, 0.15) is 12.0 Å². The lowest BCUT2D eigenvalue weighted by Gasteiger charge is -2.28. The van der Waals surface area contributed by atoms with E-state index in [4.69, 9.17) is 4.74 Å². The lowest BCUT2D eigenvalue weighted by molar-refractivity contribution is -0.186. The maximum Gasteiger partial charge on any atom is 0.401 e. The molecule has 22 heavy (non-hydrogen) atoms. The molecule has 1 fully saturated rings. The van der Waals surface area contributed by atoms with Gasteiger partial charge >= 0.3 is 12.1 Å². The fourth-order valence-electron chi connectivity index (χ4n) is 2.22. The number of carbonyl (C=O) groups is 3. The van der Waals surface area contributed by atoms with Crippen molar-refractivity contribution in [2.45, 2.75) is 38.9 Å². The summed E-state index contributed by atoms with van der Waals surface area (Å²) in [5.74, 6) is -4.83. The van der Waals surface area contributed by atoms with Gasteiger partial charge in [0.2, 0.25) is 5.91 Å². The molecule has 0 spiro atoms. The van der Waals surface area contributed by atoms with Gasteiger partial charge in [-0.2, -0.15) is 13.2 Å². The van der Waals surface area contributed by atoms with Crippen LogP contribution in [-0.4, -0.2) is 53.0 Å². The van der Waals surface area contributed by atoms with E-state index in [2.05, 4.69) is 0 Å². The number of likely N-dealkylation sites (tertiary alicyclic amines) is 1. The van der Waals surface area contributed by atoms with Crippen LogP contribution in [-0.2, 0) is 19.1 Å².